The second kappa shape index (κ2) is 10.1. The Hall–Kier alpha value is -1.94. The van der Waals surface area contributed by atoms with E-state index < -0.39 is 21.7 Å². The van der Waals surface area contributed by atoms with Crippen LogP contribution in [0.25, 0.3) is 11.1 Å². The fraction of sp³-hybridized carbons (Fsp3) is 0.677. The predicted molar refractivity (Wildman–Crippen MR) is 158 cm³/mol. The number of halogens is 1. The van der Waals surface area contributed by atoms with Gasteiger partial charge in [-0.3, -0.25) is 4.18 Å². The first kappa shape index (κ1) is 30.5. The van der Waals surface area contributed by atoms with E-state index in [0.717, 1.165) is 56.2 Å². The Morgan fingerprint density at radius 2 is 1.66 bits per heavy atom. The maximum atomic E-state index is 13.1. The summed E-state index contributed by atoms with van der Waals surface area (Å²) in [5, 5.41) is 0.244. The second-order valence-corrected chi connectivity index (χ2v) is 16.7. The van der Waals surface area contributed by atoms with Crippen LogP contribution in [0.3, 0.4) is 0 Å². The van der Waals surface area contributed by atoms with Gasteiger partial charge in [0, 0.05) is 29.6 Å². The van der Waals surface area contributed by atoms with Crippen molar-refractivity contribution >= 4 is 27.7 Å². The smallest absolute Gasteiger partial charge is 0.358 e. The Morgan fingerprint density at radius 1 is 1.00 bits per heavy atom. The molecule has 2 unspecified atom stereocenters. The van der Waals surface area contributed by atoms with Crippen molar-refractivity contribution in [1.82, 2.24) is 9.55 Å². The van der Waals surface area contributed by atoms with Gasteiger partial charge in [-0.2, -0.15) is 8.42 Å². The number of aromatic nitrogens is 2. The lowest BCUT2D eigenvalue weighted by Crippen LogP contribution is -2.64. The van der Waals surface area contributed by atoms with Crippen LogP contribution >= 0.6 is 11.6 Å². The molecule has 10 heteroatoms. The minimum Gasteiger partial charge on any atom is -0.455 e. The van der Waals surface area contributed by atoms with Crippen molar-refractivity contribution in [2.24, 2.45) is 16.2 Å². The van der Waals surface area contributed by atoms with Crippen LogP contribution in [0.5, 0.6) is 0 Å². The zero-order valence-corrected chi connectivity index (χ0v) is 26.9. The van der Waals surface area contributed by atoms with Gasteiger partial charge in [0.1, 0.15) is 10.8 Å². The average Bonchev–Trinajstić information content (AvgIpc) is 3.12. The van der Waals surface area contributed by atoms with Gasteiger partial charge in [-0.25, -0.2) is 9.78 Å². The molecule has 0 saturated heterocycles. The van der Waals surface area contributed by atoms with Crippen LogP contribution in [0.2, 0.25) is 5.15 Å². The normalized spacial score (nSPS) is 31.0. The molecule has 2 atom stereocenters. The standard InChI is InChI=1S/C31H43ClN2O6S/c1-21-22(23-8-9-24(32)33-25(23)26(35)40-27(2,3)4)10-11-34(21)20-30-15-28(5)14-29(6,16-30)18-31(17-28,19-30)38-12-13-39-41(7,36)37/h8-11H,12-20H2,1-7H3. The summed E-state index contributed by atoms with van der Waals surface area (Å²) >= 11 is 6.20. The monoisotopic (exact) mass is 606 g/mol. The number of ether oxygens (including phenoxy) is 2. The number of pyridine rings is 1. The third-order valence-corrected chi connectivity index (χ3v) is 9.74. The molecule has 0 spiro atoms. The second-order valence-electron chi connectivity index (χ2n) is 14.7. The van der Waals surface area contributed by atoms with Crippen LogP contribution < -0.4 is 0 Å². The molecule has 2 heterocycles. The fourth-order valence-electron chi connectivity index (χ4n) is 9.10. The molecule has 0 amide bonds. The van der Waals surface area contributed by atoms with Crippen LogP contribution in [0.1, 0.15) is 89.3 Å². The quantitative estimate of drug-likeness (QED) is 0.138. The molecule has 4 aliphatic rings. The van der Waals surface area contributed by atoms with E-state index in [1.165, 1.54) is 6.42 Å². The number of hydrogen-bond donors (Lipinski definition) is 0. The van der Waals surface area contributed by atoms with E-state index in [1.807, 2.05) is 32.9 Å². The van der Waals surface area contributed by atoms with Crippen LogP contribution in [-0.2, 0) is 30.3 Å². The van der Waals surface area contributed by atoms with Gasteiger partial charge in [0.25, 0.3) is 10.1 Å². The summed E-state index contributed by atoms with van der Waals surface area (Å²) in [6.07, 6.45) is 9.51. The van der Waals surface area contributed by atoms with E-state index in [1.54, 1.807) is 6.07 Å². The highest BCUT2D eigenvalue weighted by Gasteiger charge is 2.66. The van der Waals surface area contributed by atoms with Crippen molar-refractivity contribution in [2.45, 2.75) is 97.8 Å². The number of hydrogen-bond acceptors (Lipinski definition) is 7. The Balaban J connectivity index is 1.42. The predicted octanol–water partition coefficient (Wildman–Crippen LogP) is 6.58. The molecule has 0 N–H and O–H groups in total. The molecule has 4 aliphatic carbocycles. The van der Waals surface area contributed by atoms with Gasteiger partial charge in [-0.15, -0.1) is 0 Å². The summed E-state index contributed by atoms with van der Waals surface area (Å²) in [6.45, 7) is 13.5. The maximum Gasteiger partial charge on any atom is 0.358 e. The molecular weight excluding hydrogens is 564 g/mol. The Kier molecular flexibility index (Phi) is 7.49. The zero-order chi connectivity index (χ0) is 30.1. The molecule has 6 rings (SSSR count). The van der Waals surface area contributed by atoms with Crippen molar-refractivity contribution < 1.29 is 26.9 Å². The molecule has 2 aromatic rings. The highest BCUT2D eigenvalue weighted by Crippen LogP contribution is 2.72. The van der Waals surface area contributed by atoms with Gasteiger partial charge >= 0.3 is 5.97 Å². The molecule has 0 radical (unpaired) electrons. The lowest BCUT2D eigenvalue weighted by atomic mass is 9.39. The Labute approximate surface area is 249 Å². The summed E-state index contributed by atoms with van der Waals surface area (Å²) in [4.78, 5) is 17.4. The van der Waals surface area contributed by atoms with Crippen molar-refractivity contribution in [1.29, 1.82) is 0 Å². The van der Waals surface area contributed by atoms with Gasteiger partial charge in [0.15, 0.2) is 5.69 Å². The van der Waals surface area contributed by atoms with E-state index in [-0.39, 0.29) is 45.9 Å². The van der Waals surface area contributed by atoms with Crippen molar-refractivity contribution in [3.8, 4) is 11.1 Å². The van der Waals surface area contributed by atoms with Crippen molar-refractivity contribution in [2.75, 3.05) is 19.5 Å². The molecule has 2 aromatic heterocycles. The highest BCUT2D eigenvalue weighted by molar-refractivity contribution is 7.85. The summed E-state index contributed by atoms with van der Waals surface area (Å²) in [6, 6.07) is 5.60. The topological polar surface area (TPSA) is 96.7 Å². The minimum atomic E-state index is -3.50. The number of esters is 1. The zero-order valence-electron chi connectivity index (χ0n) is 25.3. The molecule has 0 aliphatic heterocycles. The average molecular weight is 607 g/mol. The van der Waals surface area contributed by atoms with Crippen molar-refractivity contribution in [3.05, 3.63) is 40.9 Å². The molecule has 226 valence electrons. The molecular formula is C31H43ClN2O6S. The van der Waals surface area contributed by atoms with Gasteiger partial charge in [-0.1, -0.05) is 25.4 Å². The molecule has 4 bridgehead atoms. The highest BCUT2D eigenvalue weighted by atomic mass is 35.5. The van der Waals surface area contributed by atoms with Gasteiger partial charge in [0.05, 0.1) is 25.1 Å². The van der Waals surface area contributed by atoms with E-state index in [0.29, 0.717) is 5.56 Å². The van der Waals surface area contributed by atoms with Crippen LogP contribution in [-0.4, -0.2) is 54.6 Å². The third-order valence-electron chi connectivity index (χ3n) is 8.93. The van der Waals surface area contributed by atoms with Gasteiger partial charge < -0.3 is 14.0 Å². The molecule has 41 heavy (non-hydrogen) atoms. The largest absolute Gasteiger partial charge is 0.455 e. The molecule has 0 aromatic carbocycles. The summed E-state index contributed by atoms with van der Waals surface area (Å²) in [5.41, 5.74) is 2.34. The molecule has 4 fully saturated rings. The number of carbonyl (C=O) groups excluding carboxylic acids is 1. The van der Waals surface area contributed by atoms with Gasteiger partial charge in [-0.05, 0) is 101 Å². The van der Waals surface area contributed by atoms with E-state index >= 15 is 0 Å². The van der Waals surface area contributed by atoms with Crippen molar-refractivity contribution in [3.63, 3.8) is 0 Å². The van der Waals surface area contributed by atoms with Crippen LogP contribution in [0, 0.1) is 23.2 Å². The first-order chi connectivity index (χ1) is 18.8. The van der Waals surface area contributed by atoms with E-state index in [2.05, 4.69) is 36.5 Å². The first-order valence-corrected chi connectivity index (χ1v) is 16.6. The minimum absolute atomic E-state index is 0.0379. The lowest BCUT2D eigenvalue weighted by molar-refractivity contribution is -0.249. The molecule has 8 nitrogen and oxygen atoms in total. The summed E-state index contributed by atoms with van der Waals surface area (Å²) in [5.74, 6) is -0.497. The number of carbonyl (C=O) groups is 1. The summed E-state index contributed by atoms with van der Waals surface area (Å²) < 4.78 is 42.4. The van der Waals surface area contributed by atoms with E-state index in [9.17, 15) is 13.2 Å². The molecule has 4 saturated carbocycles. The fourth-order valence-corrected chi connectivity index (χ4v) is 9.62. The maximum absolute atomic E-state index is 13.1. The Morgan fingerprint density at radius 3 is 2.27 bits per heavy atom. The van der Waals surface area contributed by atoms with Gasteiger partial charge in [0.2, 0.25) is 0 Å². The van der Waals surface area contributed by atoms with Crippen LogP contribution in [0.4, 0.5) is 0 Å². The first-order valence-electron chi connectivity index (χ1n) is 14.4. The number of rotatable bonds is 9. The summed E-state index contributed by atoms with van der Waals surface area (Å²) in [7, 11) is -3.50. The Bertz CT molecular complexity index is 1440. The van der Waals surface area contributed by atoms with E-state index in [4.69, 9.17) is 25.3 Å². The lowest BCUT2D eigenvalue weighted by Gasteiger charge is -2.69. The van der Waals surface area contributed by atoms with Crippen LogP contribution in [0.15, 0.2) is 24.4 Å². The number of nitrogens with zero attached hydrogens (tertiary/aromatic N) is 2. The third kappa shape index (κ3) is 6.53. The SMILES string of the molecule is Cc1c(-c2ccc(Cl)nc2C(=O)OC(C)(C)C)ccn1CC12CC3(C)CC(C)(C1)CC(OCCOS(C)(=O)=O)(C3)C2.